The highest BCUT2D eigenvalue weighted by Gasteiger charge is 2.72. The molecule has 0 aromatic carbocycles. The number of ether oxygens (including phenoxy) is 1. The van der Waals surface area contributed by atoms with Crippen LogP contribution in [0.1, 0.15) is 6.42 Å². The topological polar surface area (TPSA) is 96.3 Å². The van der Waals surface area contributed by atoms with E-state index >= 15 is 0 Å². The van der Waals surface area contributed by atoms with Crippen LogP contribution >= 0.6 is 0 Å². The molecule has 0 radical (unpaired) electrons. The van der Waals surface area contributed by atoms with Gasteiger partial charge in [-0.05, 0) is 6.42 Å². The molecule has 2 N–H and O–H groups in total. The smallest absolute Gasteiger partial charge is 0.258 e. The summed E-state index contributed by atoms with van der Waals surface area (Å²) in [6.45, 7) is 0.957. The second-order valence-electron chi connectivity index (χ2n) is 8.06. The number of hydrogen-bond donors (Lipinski definition) is 2. The molecule has 12 heteroatoms. The Hall–Kier alpha value is -2.89. The fraction of sp³-hybridized carbons (Fsp3) is 0.556. The minimum Gasteiger partial charge on any atom is -0.378 e. The van der Waals surface area contributed by atoms with E-state index in [0.29, 0.717) is 30.1 Å². The summed E-state index contributed by atoms with van der Waals surface area (Å²) >= 11 is 0. The lowest BCUT2D eigenvalue weighted by Gasteiger charge is -2.26. The maximum atomic E-state index is 14.1. The Bertz CT molecular complexity index is 1070. The Morgan fingerprint density at radius 1 is 1.27 bits per heavy atom. The second-order valence-corrected chi connectivity index (χ2v) is 8.06. The van der Waals surface area contributed by atoms with Gasteiger partial charge in [-0.2, -0.15) is 14.6 Å². The van der Waals surface area contributed by atoms with Gasteiger partial charge in [-0.15, -0.1) is 5.10 Å². The van der Waals surface area contributed by atoms with E-state index in [4.69, 9.17) is 4.74 Å². The largest absolute Gasteiger partial charge is 0.378 e. The molecule has 4 atom stereocenters. The number of hydrogen-bond acceptors (Lipinski definition) is 7. The van der Waals surface area contributed by atoms with E-state index in [9.17, 15) is 13.2 Å². The molecule has 158 valence electrons. The van der Waals surface area contributed by atoms with Crippen molar-refractivity contribution in [2.24, 2.45) is 11.8 Å². The molecule has 3 aromatic rings. The molecule has 9 nitrogen and oxygen atoms in total. The van der Waals surface area contributed by atoms with Crippen LogP contribution in [0.2, 0.25) is 0 Å². The Morgan fingerprint density at radius 3 is 2.83 bits per heavy atom. The zero-order valence-corrected chi connectivity index (χ0v) is 15.8. The van der Waals surface area contributed by atoms with Gasteiger partial charge in [-0.25, -0.2) is 18.2 Å². The predicted octanol–water partition coefficient (Wildman–Crippen LogP) is 1.75. The van der Waals surface area contributed by atoms with Crippen LogP contribution in [0.4, 0.5) is 24.8 Å². The maximum Gasteiger partial charge on any atom is 0.258 e. The molecule has 2 saturated heterocycles. The van der Waals surface area contributed by atoms with Crippen molar-refractivity contribution in [1.29, 1.82) is 0 Å². The Labute approximate surface area is 168 Å². The fourth-order valence-corrected chi connectivity index (χ4v) is 4.51. The van der Waals surface area contributed by atoms with E-state index in [1.807, 2.05) is 4.90 Å². The number of nitrogens with one attached hydrogen (secondary N) is 2. The summed E-state index contributed by atoms with van der Waals surface area (Å²) in [5.41, 5.74) is 2.43. The molecular weight excluding hydrogens is 401 g/mol. The summed E-state index contributed by atoms with van der Waals surface area (Å²) in [7, 11) is 0. The third-order valence-electron chi connectivity index (χ3n) is 6.25. The molecule has 1 saturated carbocycles. The van der Waals surface area contributed by atoms with Crippen molar-refractivity contribution in [3.05, 3.63) is 18.7 Å². The number of halogens is 3. The van der Waals surface area contributed by atoms with Gasteiger partial charge in [0.05, 0.1) is 30.7 Å². The second kappa shape index (κ2) is 6.30. The van der Waals surface area contributed by atoms with Gasteiger partial charge in [0.25, 0.3) is 5.92 Å². The SMILES string of the molecule is F[C@@H]1COCC[C@@H]1Nc1nc2c(N3CC4C(C3)C4(F)F)c(-c3cn[nH]c3)ncn2n1. The Kier molecular flexibility index (Phi) is 3.77. The lowest BCUT2D eigenvalue weighted by Crippen LogP contribution is -2.39. The van der Waals surface area contributed by atoms with Crippen molar-refractivity contribution in [3.8, 4) is 11.3 Å². The van der Waals surface area contributed by atoms with Crippen LogP contribution in [-0.4, -0.2) is 74.2 Å². The number of rotatable bonds is 4. The minimum atomic E-state index is -2.59. The molecule has 2 aliphatic heterocycles. The number of aromatic nitrogens is 6. The molecule has 0 bridgehead atoms. The summed E-state index contributed by atoms with van der Waals surface area (Å²) in [5.74, 6) is -3.62. The first-order valence-corrected chi connectivity index (χ1v) is 9.88. The van der Waals surface area contributed by atoms with Gasteiger partial charge in [-0.3, -0.25) is 5.10 Å². The highest BCUT2D eigenvalue weighted by atomic mass is 19.3. The van der Waals surface area contributed by atoms with Crippen molar-refractivity contribution in [2.75, 3.05) is 36.5 Å². The van der Waals surface area contributed by atoms with Crippen LogP contribution in [0.5, 0.6) is 0 Å². The molecule has 5 heterocycles. The average molecular weight is 420 g/mol. The molecule has 30 heavy (non-hydrogen) atoms. The molecule has 6 rings (SSSR count). The first kappa shape index (κ1) is 17.9. The van der Waals surface area contributed by atoms with E-state index < -0.39 is 30.0 Å². The summed E-state index contributed by atoms with van der Waals surface area (Å²) in [6, 6.07) is -0.445. The molecule has 2 unspecified atom stereocenters. The van der Waals surface area contributed by atoms with Crippen LogP contribution in [0, 0.1) is 11.8 Å². The number of aromatic amines is 1. The van der Waals surface area contributed by atoms with Crippen LogP contribution in [0.25, 0.3) is 16.9 Å². The van der Waals surface area contributed by atoms with Gasteiger partial charge in [0.15, 0.2) is 5.65 Å². The van der Waals surface area contributed by atoms with Gasteiger partial charge >= 0.3 is 0 Å². The quantitative estimate of drug-likeness (QED) is 0.664. The zero-order chi connectivity index (χ0) is 20.5. The summed E-state index contributed by atoms with van der Waals surface area (Å²) in [4.78, 5) is 11.0. The molecule has 3 fully saturated rings. The average Bonchev–Trinajstić information content (AvgIpc) is 3.31. The highest BCUT2D eigenvalue weighted by molar-refractivity contribution is 5.85. The monoisotopic (exact) mass is 420 g/mol. The number of anilines is 2. The van der Waals surface area contributed by atoms with E-state index in [2.05, 4.69) is 30.6 Å². The molecule has 0 amide bonds. The van der Waals surface area contributed by atoms with Crippen LogP contribution in [0.3, 0.4) is 0 Å². The molecular formula is C18H19F3N8O. The van der Waals surface area contributed by atoms with Gasteiger partial charge < -0.3 is 15.0 Å². The number of piperidine rings is 1. The maximum absolute atomic E-state index is 14.1. The Balaban J connectivity index is 1.39. The summed E-state index contributed by atoms with van der Waals surface area (Å²) in [6.07, 6.45) is 4.18. The molecule has 1 aliphatic carbocycles. The van der Waals surface area contributed by atoms with Crippen molar-refractivity contribution in [3.63, 3.8) is 0 Å². The minimum absolute atomic E-state index is 0.0350. The van der Waals surface area contributed by atoms with Crippen molar-refractivity contribution >= 4 is 17.3 Å². The number of alkyl halides is 3. The van der Waals surface area contributed by atoms with E-state index in [0.717, 1.165) is 5.56 Å². The lowest BCUT2D eigenvalue weighted by atomic mass is 10.1. The van der Waals surface area contributed by atoms with Gasteiger partial charge in [0, 0.05) is 31.5 Å². The number of fused-ring (bicyclic) bond motifs is 2. The van der Waals surface area contributed by atoms with Gasteiger partial charge in [0.1, 0.15) is 23.9 Å². The van der Waals surface area contributed by atoms with Gasteiger partial charge in [-0.1, -0.05) is 0 Å². The van der Waals surface area contributed by atoms with E-state index in [1.54, 1.807) is 12.4 Å². The fourth-order valence-electron chi connectivity index (χ4n) is 4.51. The van der Waals surface area contributed by atoms with Crippen LogP contribution in [0.15, 0.2) is 18.7 Å². The number of nitrogens with zero attached hydrogens (tertiary/aromatic N) is 6. The van der Waals surface area contributed by atoms with E-state index in [-0.39, 0.29) is 25.6 Å². The van der Waals surface area contributed by atoms with Crippen LogP contribution in [-0.2, 0) is 4.74 Å². The predicted molar refractivity (Wildman–Crippen MR) is 100 cm³/mol. The first-order valence-electron chi connectivity index (χ1n) is 9.88. The summed E-state index contributed by atoms with van der Waals surface area (Å²) < 4.78 is 48.3. The molecule has 3 aromatic heterocycles. The normalized spacial score (nSPS) is 29.9. The lowest BCUT2D eigenvalue weighted by molar-refractivity contribution is 0.0284. The number of H-pyrrole nitrogens is 1. The van der Waals surface area contributed by atoms with Gasteiger partial charge in [0.2, 0.25) is 5.95 Å². The Morgan fingerprint density at radius 2 is 2.10 bits per heavy atom. The van der Waals surface area contributed by atoms with Crippen molar-refractivity contribution < 1.29 is 17.9 Å². The van der Waals surface area contributed by atoms with Crippen LogP contribution < -0.4 is 10.2 Å². The molecule has 3 aliphatic rings. The molecule has 0 spiro atoms. The van der Waals surface area contributed by atoms with Crippen molar-refractivity contribution in [2.45, 2.75) is 24.6 Å². The van der Waals surface area contributed by atoms with Crippen molar-refractivity contribution in [1.82, 2.24) is 29.8 Å². The highest BCUT2D eigenvalue weighted by Crippen LogP contribution is 2.60. The third-order valence-corrected chi connectivity index (χ3v) is 6.25. The zero-order valence-electron chi connectivity index (χ0n) is 15.8. The third kappa shape index (κ3) is 2.66. The first-order chi connectivity index (χ1) is 14.5. The summed E-state index contributed by atoms with van der Waals surface area (Å²) in [5, 5.41) is 14.1. The van der Waals surface area contributed by atoms with E-state index in [1.165, 1.54) is 10.8 Å². The standard InChI is InChI=1S/C18H19F3N8O/c19-12-7-30-2-1-13(12)25-17-26-16-15(28-5-10-11(6-28)18(10,20)21)14(9-3-23-24-4-9)22-8-29(16)27-17/h3-4,8,10-13H,1-2,5-7H2,(H,23,24)(H,25,27)/t10?,11?,12-,13+/m1/s1.